The number of nitrogens with one attached hydrogen (secondary N) is 1. The summed E-state index contributed by atoms with van der Waals surface area (Å²) in [5.74, 6) is 0.0642. The Morgan fingerprint density at radius 2 is 2.33 bits per heavy atom. The number of hydrogen-bond acceptors (Lipinski definition) is 2. The van der Waals surface area contributed by atoms with E-state index in [0.717, 1.165) is 0 Å². The zero-order valence-corrected chi connectivity index (χ0v) is 7.27. The highest BCUT2D eigenvalue weighted by atomic mass is 127. The van der Waals surface area contributed by atoms with E-state index in [1.165, 1.54) is 0 Å². The lowest BCUT2D eigenvalue weighted by molar-refractivity contribution is -0.155. The predicted molar refractivity (Wildman–Crippen MR) is 41.1 cm³/mol. The molecule has 1 aliphatic heterocycles. The highest BCUT2D eigenvalue weighted by Crippen LogP contribution is 2.26. The lowest BCUT2D eigenvalue weighted by Gasteiger charge is -2.35. The van der Waals surface area contributed by atoms with E-state index >= 15 is 0 Å². The Labute approximate surface area is 67.6 Å². The molecule has 1 heterocycles. The van der Waals surface area contributed by atoms with E-state index in [2.05, 4.69) is 3.53 Å². The smallest absolute Gasteiger partial charge is 0.239 e. The largest absolute Gasteiger partial charge is 0.379 e. The minimum absolute atomic E-state index is 0.0642. The molecule has 0 aromatic carbocycles. The van der Waals surface area contributed by atoms with Crippen LogP contribution >= 0.6 is 22.9 Å². The van der Waals surface area contributed by atoms with Gasteiger partial charge in [-0.25, -0.2) is 0 Å². The van der Waals surface area contributed by atoms with Gasteiger partial charge >= 0.3 is 0 Å². The molecule has 0 atom stereocenters. The monoisotopic (exact) mass is 241 g/mol. The van der Waals surface area contributed by atoms with Gasteiger partial charge in [0, 0.05) is 0 Å². The van der Waals surface area contributed by atoms with Gasteiger partial charge in [-0.15, -0.1) is 0 Å². The van der Waals surface area contributed by atoms with Gasteiger partial charge in [0.25, 0.3) is 0 Å². The second-order valence-electron chi connectivity index (χ2n) is 2.48. The van der Waals surface area contributed by atoms with Crippen molar-refractivity contribution in [2.45, 2.75) is 6.92 Å². The maximum atomic E-state index is 10.9. The Balaban J connectivity index is 2.49. The van der Waals surface area contributed by atoms with E-state index in [1.807, 2.05) is 29.8 Å². The summed E-state index contributed by atoms with van der Waals surface area (Å²) in [4.78, 5) is 10.9. The molecule has 1 saturated heterocycles. The lowest BCUT2D eigenvalue weighted by atomic mass is 9.88. The normalized spacial score (nSPS) is 22.4. The molecule has 9 heavy (non-hydrogen) atoms. The summed E-state index contributed by atoms with van der Waals surface area (Å²) in [5, 5.41) is 0. The number of carbonyl (C=O) groups excluding carboxylic acids is 1. The van der Waals surface area contributed by atoms with Crippen molar-refractivity contribution in [3.63, 3.8) is 0 Å². The van der Waals surface area contributed by atoms with Crippen LogP contribution in [0.5, 0.6) is 0 Å². The van der Waals surface area contributed by atoms with Crippen LogP contribution in [0.1, 0.15) is 6.92 Å². The second-order valence-corrected chi connectivity index (χ2v) is 3.02. The number of hydrogen-bond donors (Lipinski definition) is 1. The average molecular weight is 241 g/mol. The lowest BCUT2D eigenvalue weighted by Crippen LogP contribution is -2.49. The minimum Gasteiger partial charge on any atom is -0.379 e. The van der Waals surface area contributed by atoms with Crippen LogP contribution in [0.15, 0.2) is 0 Å². The number of carbonyl (C=O) groups is 1. The highest BCUT2D eigenvalue weighted by Gasteiger charge is 2.40. The Morgan fingerprint density at radius 3 is 2.44 bits per heavy atom. The van der Waals surface area contributed by atoms with Crippen LogP contribution < -0.4 is 3.53 Å². The van der Waals surface area contributed by atoms with Gasteiger partial charge in [-0.1, -0.05) is 0 Å². The van der Waals surface area contributed by atoms with Crippen LogP contribution in [-0.2, 0) is 9.53 Å². The summed E-state index contributed by atoms with van der Waals surface area (Å²) < 4.78 is 7.46. The van der Waals surface area contributed by atoms with E-state index in [1.54, 1.807) is 0 Å². The van der Waals surface area contributed by atoms with Gasteiger partial charge < -0.3 is 4.74 Å². The molecule has 0 aliphatic carbocycles. The van der Waals surface area contributed by atoms with Crippen molar-refractivity contribution >= 4 is 28.8 Å². The predicted octanol–water partition coefficient (Wildman–Crippen LogP) is 0.489. The van der Waals surface area contributed by atoms with Crippen LogP contribution in [0.4, 0.5) is 0 Å². The SMILES string of the molecule is CC1(C(=O)NI)COC1. The molecule has 1 aliphatic rings. The standard InChI is InChI=1S/C5H8INO2/c1-5(2-9-3-5)4(8)7-6/h2-3H2,1H3,(H,7,8). The van der Waals surface area contributed by atoms with Gasteiger partial charge in [0.05, 0.1) is 41.5 Å². The molecule has 1 rings (SSSR count). The van der Waals surface area contributed by atoms with Gasteiger partial charge in [-0.2, -0.15) is 0 Å². The molecular formula is C5H8INO2. The molecule has 0 bridgehead atoms. The molecule has 0 aromatic heterocycles. The summed E-state index contributed by atoms with van der Waals surface area (Å²) >= 11 is 1.84. The van der Waals surface area contributed by atoms with E-state index in [-0.39, 0.29) is 11.3 Å². The average Bonchev–Trinajstić information content (AvgIpc) is 1.81. The van der Waals surface area contributed by atoms with E-state index < -0.39 is 0 Å². The Morgan fingerprint density at radius 1 is 1.78 bits per heavy atom. The molecule has 1 amide bonds. The summed E-state index contributed by atoms with van der Waals surface area (Å²) in [6, 6.07) is 0. The zero-order valence-electron chi connectivity index (χ0n) is 5.11. The number of rotatable bonds is 1. The molecule has 0 spiro atoms. The fraction of sp³-hybridized carbons (Fsp3) is 0.800. The molecule has 0 unspecified atom stereocenters. The van der Waals surface area contributed by atoms with E-state index in [0.29, 0.717) is 13.2 Å². The van der Waals surface area contributed by atoms with Gasteiger partial charge in [0.15, 0.2) is 0 Å². The van der Waals surface area contributed by atoms with Crippen LogP contribution in [0.2, 0.25) is 0 Å². The summed E-state index contributed by atoms with van der Waals surface area (Å²) in [7, 11) is 0. The zero-order chi connectivity index (χ0) is 6.91. The maximum Gasteiger partial charge on any atom is 0.239 e. The van der Waals surface area contributed by atoms with Crippen LogP contribution in [0.25, 0.3) is 0 Å². The summed E-state index contributed by atoms with van der Waals surface area (Å²) in [6.07, 6.45) is 0. The quantitative estimate of drug-likeness (QED) is 0.536. The summed E-state index contributed by atoms with van der Waals surface area (Å²) in [6.45, 7) is 3.01. The van der Waals surface area contributed by atoms with Crippen molar-refractivity contribution in [3.8, 4) is 0 Å². The number of amides is 1. The third kappa shape index (κ3) is 1.19. The molecule has 1 N–H and O–H groups in total. The summed E-state index contributed by atoms with van der Waals surface area (Å²) in [5.41, 5.74) is -0.249. The third-order valence-corrected chi connectivity index (χ3v) is 1.97. The first kappa shape index (κ1) is 7.27. The Hall–Kier alpha value is 0.160. The van der Waals surface area contributed by atoms with Crippen molar-refractivity contribution in [1.29, 1.82) is 0 Å². The number of halogens is 1. The highest BCUT2D eigenvalue weighted by molar-refractivity contribution is 14.1. The minimum atomic E-state index is -0.249. The molecule has 3 nitrogen and oxygen atoms in total. The van der Waals surface area contributed by atoms with Crippen LogP contribution in [0, 0.1) is 5.41 Å². The fourth-order valence-electron chi connectivity index (χ4n) is 0.653. The maximum absolute atomic E-state index is 10.9. The topological polar surface area (TPSA) is 38.3 Å². The van der Waals surface area contributed by atoms with Crippen LogP contribution in [0.3, 0.4) is 0 Å². The number of ether oxygens (including phenoxy) is 1. The van der Waals surface area contributed by atoms with Gasteiger partial charge in [0.2, 0.25) is 5.91 Å². The van der Waals surface area contributed by atoms with E-state index in [9.17, 15) is 4.79 Å². The molecule has 0 aromatic rings. The molecule has 0 radical (unpaired) electrons. The fourth-order valence-corrected chi connectivity index (χ4v) is 1.30. The molecule has 0 saturated carbocycles. The third-order valence-electron chi connectivity index (χ3n) is 1.48. The molecule has 4 heteroatoms. The van der Waals surface area contributed by atoms with Crippen molar-refractivity contribution in [3.05, 3.63) is 0 Å². The first-order valence-corrected chi connectivity index (χ1v) is 3.76. The van der Waals surface area contributed by atoms with Gasteiger partial charge in [-0.3, -0.25) is 8.32 Å². The van der Waals surface area contributed by atoms with Crippen molar-refractivity contribution < 1.29 is 9.53 Å². The van der Waals surface area contributed by atoms with Crippen molar-refractivity contribution in [1.82, 2.24) is 3.53 Å². The van der Waals surface area contributed by atoms with Crippen LogP contribution in [-0.4, -0.2) is 19.1 Å². The van der Waals surface area contributed by atoms with E-state index in [4.69, 9.17) is 4.74 Å². The molecular weight excluding hydrogens is 233 g/mol. The Kier molecular flexibility index (Phi) is 1.95. The molecule has 52 valence electrons. The molecule has 1 fully saturated rings. The van der Waals surface area contributed by atoms with Crippen molar-refractivity contribution in [2.24, 2.45) is 5.41 Å². The van der Waals surface area contributed by atoms with Gasteiger partial charge in [-0.05, 0) is 6.92 Å². The first-order chi connectivity index (χ1) is 4.19. The van der Waals surface area contributed by atoms with Gasteiger partial charge in [0.1, 0.15) is 0 Å². The first-order valence-electron chi connectivity index (χ1n) is 2.68. The van der Waals surface area contributed by atoms with Crippen molar-refractivity contribution in [2.75, 3.05) is 13.2 Å². The Bertz CT molecular complexity index is 133. The second kappa shape index (κ2) is 2.42.